The van der Waals surface area contributed by atoms with Crippen molar-refractivity contribution in [2.24, 2.45) is 5.92 Å². The smallest absolute Gasteiger partial charge is 0.227 e. The van der Waals surface area contributed by atoms with Crippen LogP contribution in [0.25, 0.3) is 0 Å². The van der Waals surface area contributed by atoms with Crippen molar-refractivity contribution >= 4 is 28.3 Å². The van der Waals surface area contributed by atoms with Crippen LogP contribution in [0.3, 0.4) is 0 Å². The minimum absolute atomic E-state index is 0.0889. The first kappa shape index (κ1) is 22.9. The summed E-state index contributed by atoms with van der Waals surface area (Å²) in [6, 6.07) is 0. The van der Waals surface area contributed by atoms with Crippen molar-refractivity contribution in [2.45, 2.75) is 96.4 Å². The third kappa shape index (κ3) is 5.36. The molecular formula is C23H33N5O3S. The van der Waals surface area contributed by atoms with Crippen LogP contribution in [0, 0.1) is 5.92 Å². The number of nitrogens with zero attached hydrogens (tertiary/aromatic N) is 3. The van der Waals surface area contributed by atoms with Crippen molar-refractivity contribution in [1.29, 1.82) is 0 Å². The topological polar surface area (TPSA) is 110 Å². The number of anilines is 1. The summed E-state index contributed by atoms with van der Waals surface area (Å²) in [6.45, 7) is 3.76. The standard InChI is InChI=1S/C23H33N5O3S/c1-3-16-8-9-17-18(14-16)32-22(24-17)25-19(30)10-11-20-26-21(28-31-20)23(27-15(2)29)12-6-4-5-7-13-23/h16H,3-14H2,1-2H3,(H,27,29)(H,24,25,30). The minimum Gasteiger partial charge on any atom is -0.343 e. The van der Waals surface area contributed by atoms with Crippen LogP contribution >= 0.6 is 11.3 Å². The Bertz CT molecular complexity index is 945. The lowest BCUT2D eigenvalue weighted by molar-refractivity contribution is -0.121. The molecule has 1 saturated carbocycles. The van der Waals surface area contributed by atoms with Crippen LogP contribution in [0.4, 0.5) is 5.13 Å². The largest absolute Gasteiger partial charge is 0.343 e. The fourth-order valence-electron chi connectivity index (χ4n) is 4.87. The number of hydrogen-bond donors (Lipinski definition) is 2. The molecule has 0 saturated heterocycles. The van der Waals surface area contributed by atoms with Crippen LogP contribution in [0.1, 0.15) is 93.9 Å². The van der Waals surface area contributed by atoms with E-state index in [4.69, 9.17) is 4.52 Å². The number of rotatable bonds is 7. The second-order valence-electron chi connectivity index (χ2n) is 9.14. The zero-order valence-electron chi connectivity index (χ0n) is 19.0. The lowest BCUT2D eigenvalue weighted by Crippen LogP contribution is -2.45. The van der Waals surface area contributed by atoms with Crippen molar-refractivity contribution < 1.29 is 14.1 Å². The average Bonchev–Trinajstić information content (AvgIpc) is 3.33. The van der Waals surface area contributed by atoms with E-state index in [-0.39, 0.29) is 18.2 Å². The Labute approximate surface area is 193 Å². The molecule has 0 bridgehead atoms. The van der Waals surface area contributed by atoms with Crippen LogP contribution in [0.2, 0.25) is 0 Å². The van der Waals surface area contributed by atoms with Crippen LogP contribution in [-0.4, -0.2) is 26.9 Å². The molecule has 2 aromatic heterocycles. The highest BCUT2D eigenvalue weighted by molar-refractivity contribution is 7.15. The molecule has 32 heavy (non-hydrogen) atoms. The Morgan fingerprint density at radius 1 is 1.19 bits per heavy atom. The summed E-state index contributed by atoms with van der Waals surface area (Å²) < 4.78 is 5.45. The predicted molar refractivity (Wildman–Crippen MR) is 122 cm³/mol. The maximum absolute atomic E-state index is 12.5. The third-order valence-electron chi connectivity index (χ3n) is 6.70. The van der Waals surface area contributed by atoms with E-state index >= 15 is 0 Å². The van der Waals surface area contributed by atoms with Gasteiger partial charge in [-0.05, 0) is 38.0 Å². The van der Waals surface area contributed by atoms with Crippen LogP contribution in [0.15, 0.2) is 4.52 Å². The first-order valence-electron chi connectivity index (χ1n) is 11.9. The third-order valence-corrected chi connectivity index (χ3v) is 7.74. The van der Waals surface area contributed by atoms with Gasteiger partial charge in [0, 0.05) is 24.6 Å². The Morgan fingerprint density at radius 3 is 2.69 bits per heavy atom. The summed E-state index contributed by atoms with van der Waals surface area (Å²) in [6.07, 6.45) is 11.0. The molecule has 2 N–H and O–H groups in total. The number of amides is 2. The highest BCUT2D eigenvalue weighted by Gasteiger charge is 2.38. The molecule has 1 atom stereocenters. The molecule has 174 valence electrons. The van der Waals surface area contributed by atoms with E-state index in [1.807, 2.05) is 0 Å². The summed E-state index contributed by atoms with van der Waals surface area (Å²) in [5.41, 5.74) is 0.575. The van der Waals surface area contributed by atoms with E-state index in [1.54, 1.807) is 11.3 Å². The van der Waals surface area contributed by atoms with Gasteiger partial charge in [-0.2, -0.15) is 4.98 Å². The summed E-state index contributed by atoms with van der Waals surface area (Å²) in [7, 11) is 0. The lowest BCUT2D eigenvalue weighted by atomic mass is 9.89. The summed E-state index contributed by atoms with van der Waals surface area (Å²) >= 11 is 1.60. The fourth-order valence-corrected chi connectivity index (χ4v) is 6.01. The van der Waals surface area contributed by atoms with Crippen molar-refractivity contribution in [2.75, 3.05) is 5.32 Å². The molecule has 2 amide bonds. The first-order chi connectivity index (χ1) is 15.5. The summed E-state index contributed by atoms with van der Waals surface area (Å²) in [5.74, 6) is 1.49. The zero-order valence-corrected chi connectivity index (χ0v) is 19.9. The normalized spacial score (nSPS) is 20.2. The van der Waals surface area contributed by atoms with Crippen molar-refractivity contribution in [3.05, 3.63) is 22.3 Å². The molecule has 9 heteroatoms. The molecule has 0 aromatic carbocycles. The highest BCUT2D eigenvalue weighted by Crippen LogP contribution is 2.35. The van der Waals surface area contributed by atoms with Gasteiger partial charge in [0.1, 0.15) is 5.54 Å². The SMILES string of the molecule is CCC1CCc2nc(NC(=O)CCc3nc(C4(NC(C)=O)CCCCCC4)no3)sc2C1. The van der Waals surface area contributed by atoms with Gasteiger partial charge in [0.2, 0.25) is 17.7 Å². The van der Waals surface area contributed by atoms with Gasteiger partial charge in [0.25, 0.3) is 0 Å². The maximum Gasteiger partial charge on any atom is 0.227 e. The number of carbonyl (C=O) groups is 2. The van der Waals surface area contributed by atoms with E-state index in [1.165, 1.54) is 24.6 Å². The van der Waals surface area contributed by atoms with E-state index in [2.05, 4.69) is 32.7 Å². The Morgan fingerprint density at radius 2 is 1.97 bits per heavy atom. The highest BCUT2D eigenvalue weighted by atomic mass is 32.1. The van der Waals surface area contributed by atoms with Crippen LogP contribution in [0.5, 0.6) is 0 Å². The minimum atomic E-state index is -0.567. The van der Waals surface area contributed by atoms with Crippen LogP contribution in [-0.2, 0) is 34.4 Å². The van der Waals surface area contributed by atoms with Crippen LogP contribution < -0.4 is 10.6 Å². The Kier molecular flexibility index (Phi) is 7.23. The number of thiazole rings is 1. The van der Waals surface area contributed by atoms with E-state index in [0.717, 1.165) is 63.0 Å². The van der Waals surface area contributed by atoms with Gasteiger partial charge in [-0.25, -0.2) is 4.98 Å². The molecule has 0 aliphatic heterocycles. The number of carbonyl (C=O) groups excluding carboxylic acids is 2. The number of hydrogen-bond acceptors (Lipinski definition) is 7. The molecule has 0 spiro atoms. The Balaban J connectivity index is 1.35. The first-order valence-corrected chi connectivity index (χ1v) is 12.7. The molecule has 1 unspecified atom stereocenters. The summed E-state index contributed by atoms with van der Waals surface area (Å²) in [5, 5.41) is 10.9. The molecule has 2 heterocycles. The van der Waals surface area contributed by atoms with Gasteiger partial charge >= 0.3 is 0 Å². The maximum atomic E-state index is 12.5. The molecule has 2 aliphatic rings. The predicted octanol–water partition coefficient (Wildman–Crippen LogP) is 4.30. The van der Waals surface area contributed by atoms with Gasteiger partial charge in [0.05, 0.1) is 5.69 Å². The second-order valence-corrected chi connectivity index (χ2v) is 10.2. The van der Waals surface area contributed by atoms with E-state index in [9.17, 15) is 9.59 Å². The van der Waals surface area contributed by atoms with E-state index < -0.39 is 5.54 Å². The van der Waals surface area contributed by atoms with Crippen molar-refractivity contribution in [1.82, 2.24) is 20.4 Å². The van der Waals surface area contributed by atoms with Gasteiger partial charge in [-0.15, -0.1) is 11.3 Å². The molecule has 1 fully saturated rings. The van der Waals surface area contributed by atoms with Gasteiger partial charge < -0.3 is 15.2 Å². The molecule has 2 aromatic rings. The number of aromatic nitrogens is 3. The fraction of sp³-hybridized carbons (Fsp3) is 0.696. The van der Waals surface area contributed by atoms with E-state index in [0.29, 0.717) is 23.3 Å². The van der Waals surface area contributed by atoms with Gasteiger partial charge in [-0.1, -0.05) is 44.2 Å². The average molecular weight is 460 g/mol. The molecule has 4 rings (SSSR count). The second kappa shape index (κ2) is 10.1. The zero-order chi connectivity index (χ0) is 22.6. The number of fused-ring (bicyclic) bond motifs is 1. The van der Waals surface area contributed by atoms with Crippen molar-refractivity contribution in [3.63, 3.8) is 0 Å². The quantitative estimate of drug-likeness (QED) is 0.598. The Hall–Kier alpha value is -2.29. The molecule has 8 nitrogen and oxygen atoms in total. The number of aryl methyl sites for hydroxylation is 2. The van der Waals surface area contributed by atoms with Crippen molar-refractivity contribution in [3.8, 4) is 0 Å². The van der Waals surface area contributed by atoms with Gasteiger partial charge in [0.15, 0.2) is 11.0 Å². The molecule has 0 radical (unpaired) electrons. The lowest BCUT2D eigenvalue weighted by Gasteiger charge is -2.30. The monoisotopic (exact) mass is 459 g/mol. The molecular weight excluding hydrogens is 426 g/mol. The van der Waals surface area contributed by atoms with Gasteiger partial charge in [-0.3, -0.25) is 9.59 Å². The number of nitrogens with one attached hydrogen (secondary N) is 2. The summed E-state index contributed by atoms with van der Waals surface area (Å²) in [4.78, 5) is 34.8. The molecule has 2 aliphatic carbocycles.